The monoisotopic (exact) mass is 438 g/mol. The van der Waals surface area contributed by atoms with Gasteiger partial charge in [0.15, 0.2) is 0 Å². The van der Waals surface area contributed by atoms with E-state index in [1.807, 2.05) is 6.92 Å². The molecule has 1 aliphatic rings. The number of hydrogen-bond acceptors (Lipinski definition) is 5. The molecule has 2 aromatic rings. The molecular formula is C24H30N4O4. The van der Waals surface area contributed by atoms with Crippen molar-refractivity contribution in [1.29, 1.82) is 0 Å². The summed E-state index contributed by atoms with van der Waals surface area (Å²) in [7, 11) is 0. The summed E-state index contributed by atoms with van der Waals surface area (Å²) in [4.78, 5) is 36.0. The highest BCUT2D eigenvalue weighted by atomic mass is 16.5. The summed E-state index contributed by atoms with van der Waals surface area (Å²) in [5, 5.41) is 11.5. The Morgan fingerprint density at radius 1 is 0.906 bits per heavy atom. The van der Waals surface area contributed by atoms with Crippen LogP contribution in [0.3, 0.4) is 0 Å². The maximum atomic E-state index is 12.2. The zero-order valence-electron chi connectivity index (χ0n) is 18.3. The first-order chi connectivity index (χ1) is 15.5. The molecule has 0 bridgehead atoms. The van der Waals surface area contributed by atoms with Crippen LogP contribution in [0, 0.1) is 0 Å². The molecule has 1 unspecified atom stereocenters. The van der Waals surface area contributed by atoms with E-state index >= 15 is 0 Å². The Bertz CT molecular complexity index is 907. The molecule has 0 aliphatic carbocycles. The SMILES string of the molecule is CCCC(=O)Nc1ccc(NC(=O)CNc2ccc(C(=O)NCC3CCCO3)cc2)cc1. The van der Waals surface area contributed by atoms with Crippen LogP contribution < -0.4 is 21.3 Å². The van der Waals surface area contributed by atoms with Crippen LogP contribution >= 0.6 is 0 Å². The molecule has 1 fully saturated rings. The van der Waals surface area contributed by atoms with Gasteiger partial charge < -0.3 is 26.0 Å². The number of amides is 3. The van der Waals surface area contributed by atoms with Gasteiger partial charge in [-0.15, -0.1) is 0 Å². The van der Waals surface area contributed by atoms with Crippen LogP contribution in [0.15, 0.2) is 48.5 Å². The molecule has 1 heterocycles. The topological polar surface area (TPSA) is 109 Å². The largest absolute Gasteiger partial charge is 0.376 e. The Balaban J connectivity index is 1.40. The van der Waals surface area contributed by atoms with Gasteiger partial charge in [-0.2, -0.15) is 0 Å². The van der Waals surface area contributed by atoms with Gasteiger partial charge in [0.05, 0.1) is 12.6 Å². The average molecular weight is 439 g/mol. The number of hydrogen-bond donors (Lipinski definition) is 4. The van der Waals surface area contributed by atoms with Crippen molar-refractivity contribution in [1.82, 2.24) is 5.32 Å². The van der Waals surface area contributed by atoms with Gasteiger partial charge in [0.1, 0.15) is 0 Å². The first-order valence-electron chi connectivity index (χ1n) is 11.0. The van der Waals surface area contributed by atoms with Gasteiger partial charge in [-0.25, -0.2) is 0 Å². The van der Waals surface area contributed by atoms with Crippen molar-refractivity contribution >= 4 is 34.8 Å². The third-order valence-electron chi connectivity index (χ3n) is 5.04. The van der Waals surface area contributed by atoms with Crippen LogP contribution in [0.5, 0.6) is 0 Å². The molecule has 4 N–H and O–H groups in total. The molecule has 170 valence electrons. The molecule has 0 saturated carbocycles. The summed E-state index contributed by atoms with van der Waals surface area (Å²) in [5.41, 5.74) is 2.64. The molecule has 0 spiro atoms. The summed E-state index contributed by atoms with van der Waals surface area (Å²) < 4.78 is 5.51. The lowest BCUT2D eigenvalue weighted by atomic mass is 10.2. The van der Waals surface area contributed by atoms with E-state index in [0.717, 1.165) is 31.6 Å². The Labute approximate surface area is 188 Å². The highest BCUT2D eigenvalue weighted by Crippen LogP contribution is 2.15. The molecule has 3 amide bonds. The number of nitrogens with one attached hydrogen (secondary N) is 4. The van der Waals surface area contributed by atoms with E-state index in [1.54, 1.807) is 48.5 Å². The number of anilines is 3. The average Bonchev–Trinajstić information content (AvgIpc) is 3.32. The minimum atomic E-state index is -0.203. The van der Waals surface area contributed by atoms with Crippen molar-refractivity contribution in [2.24, 2.45) is 0 Å². The van der Waals surface area contributed by atoms with E-state index in [1.165, 1.54) is 0 Å². The van der Waals surface area contributed by atoms with Crippen LogP contribution in [0.4, 0.5) is 17.1 Å². The smallest absolute Gasteiger partial charge is 0.251 e. The first kappa shape index (κ1) is 23.3. The van der Waals surface area contributed by atoms with Crippen molar-refractivity contribution in [2.45, 2.75) is 38.7 Å². The van der Waals surface area contributed by atoms with Crippen molar-refractivity contribution in [3.05, 3.63) is 54.1 Å². The maximum Gasteiger partial charge on any atom is 0.251 e. The van der Waals surface area contributed by atoms with Gasteiger partial charge in [0.25, 0.3) is 5.91 Å². The lowest BCUT2D eigenvalue weighted by Gasteiger charge is -2.11. The Morgan fingerprint density at radius 2 is 1.53 bits per heavy atom. The summed E-state index contributed by atoms with van der Waals surface area (Å²) >= 11 is 0. The van der Waals surface area contributed by atoms with Crippen molar-refractivity contribution in [2.75, 3.05) is 35.6 Å². The van der Waals surface area contributed by atoms with Gasteiger partial charge in [-0.1, -0.05) is 6.92 Å². The van der Waals surface area contributed by atoms with Crippen LogP contribution in [0.2, 0.25) is 0 Å². The highest BCUT2D eigenvalue weighted by Gasteiger charge is 2.16. The minimum Gasteiger partial charge on any atom is -0.376 e. The molecule has 0 aromatic heterocycles. The number of carbonyl (C=O) groups excluding carboxylic acids is 3. The van der Waals surface area contributed by atoms with Crippen LogP contribution in [-0.4, -0.2) is 43.5 Å². The zero-order valence-corrected chi connectivity index (χ0v) is 18.3. The summed E-state index contributed by atoms with van der Waals surface area (Å²) in [6, 6.07) is 13.9. The van der Waals surface area contributed by atoms with Gasteiger partial charge in [0.2, 0.25) is 11.8 Å². The van der Waals surface area contributed by atoms with Crippen LogP contribution in [-0.2, 0) is 14.3 Å². The molecule has 32 heavy (non-hydrogen) atoms. The molecule has 8 nitrogen and oxygen atoms in total. The Hall–Kier alpha value is -3.39. The minimum absolute atomic E-state index is 0.0279. The lowest BCUT2D eigenvalue weighted by Crippen LogP contribution is -2.31. The third kappa shape index (κ3) is 7.39. The fraction of sp³-hybridized carbons (Fsp3) is 0.375. The number of carbonyl (C=O) groups is 3. The van der Waals surface area contributed by atoms with Crippen molar-refractivity contribution < 1.29 is 19.1 Å². The Kier molecular flexibility index (Phi) is 8.62. The summed E-state index contributed by atoms with van der Waals surface area (Å²) in [6.45, 7) is 3.31. The van der Waals surface area contributed by atoms with E-state index < -0.39 is 0 Å². The highest BCUT2D eigenvalue weighted by molar-refractivity contribution is 5.96. The maximum absolute atomic E-state index is 12.2. The predicted octanol–water partition coefficient (Wildman–Crippen LogP) is 3.38. The molecule has 8 heteroatoms. The van der Waals surface area contributed by atoms with Gasteiger partial charge in [-0.05, 0) is 67.8 Å². The number of benzene rings is 2. The molecule has 1 aliphatic heterocycles. The quantitative estimate of drug-likeness (QED) is 0.455. The predicted molar refractivity (Wildman–Crippen MR) is 125 cm³/mol. The van der Waals surface area contributed by atoms with Gasteiger partial charge >= 0.3 is 0 Å². The first-order valence-corrected chi connectivity index (χ1v) is 11.0. The third-order valence-corrected chi connectivity index (χ3v) is 5.04. The zero-order chi connectivity index (χ0) is 22.8. The Morgan fingerprint density at radius 3 is 2.12 bits per heavy atom. The van der Waals surface area contributed by atoms with E-state index in [4.69, 9.17) is 4.74 Å². The standard InChI is InChI=1S/C24H30N4O4/c1-2-4-22(29)27-19-10-12-20(13-11-19)28-23(30)16-25-18-8-6-17(7-9-18)24(31)26-15-21-5-3-14-32-21/h6-13,21,25H,2-5,14-16H2,1H3,(H,26,31)(H,27,29)(H,28,30). The fourth-order valence-electron chi connectivity index (χ4n) is 3.33. The fourth-order valence-corrected chi connectivity index (χ4v) is 3.33. The molecule has 3 rings (SSSR count). The van der Waals surface area contributed by atoms with Crippen molar-refractivity contribution in [3.63, 3.8) is 0 Å². The summed E-state index contributed by atoms with van der Waals surface area (Å²) in [6.07, 6.45) is 3.39. The number of ether oxygens (including phenoxy) is 1. The van der Waals surface area contributed by atoms with E-state index in [2.05, 4.69) is 21.3 Å². The van der Waals surface area contributed by atoms with E-state index in [-0.39, 0.29) is 30.4 Å². The normalized spacial score (nSPS) is 15.1. The molecule has 1 atom stereocenters. The van der Waals surface area contributed by atoms with E-state index in [9.17, 15) is 14.4 Å². The van der Waals surface area contributed by atoms with Crippen molar-refractivity contribution in [3.8, 4) is 0 Å². The molecule has 2 aromatic carbocycles. The van der Waals surface area contributed by atoms with Gasteiger partial charge in [-0.3, -0.25) is 14.4 Å². The van der Waals surface area contributed by atoms with E-state index in [0.29, 0.717) is 29.9 Å². The summed E-state index contributed by atoms with van der Waals surface area (Å²) in [5.74, 6) is -0.370. The van der Waals surface area contributed by atoms with Crippen LogP contribution in [0.1, 0.15) is 43.0 Å². The number of rotatable bonds is 10. The molecular weight excluding hydrogens is 408 g/mol. The molecule has 0 radical (unpaired) electrons. The van der Waals surface area contributed by atoms with Gasteiger partial charge in [0, 0.05) is 42.2 Å². The second kappa shape index (κ2) is 11.9. The van der Waals surface area contributed by atoms with Crippen LogP contribution in [0.25, 0.3) is 0 Å². The molecule has 1 saturated heterocycles. The lowest BCUT2D eigenvalue weighted by molar-refractivity contribution is -0.116. The second-order valence-corrected chi connectivity index (χ2v) is 7.70. The second-order valence-electron chi connectivity index (χ2n) is 7.70.